The van der Waals surface area contributed by atoms with Crippen molar-refractivity contribution in [2.24, 2.45) is 11.8 Å². The largest absolute Gasteiger partial charge is 0.480 e. The number of H-pyrrole nitrogens is 1. The minimum absolute atomic E-state index is 0.227. The second-order valence-electron chi connectivity index (χ2n) is 10.9. The molecule has 39 heavy (non-hydrogen) atoms. The molecule has 0 saturated heterocycles. The van der Waals surface area contributed by atoms with Crippen LogP contribution in [0, 0.1) is 11.8 Å². The van der Waals surface area contributed by atoms with Crippen molar-refractivity contribution < 1.29 is 24.3 Å². The molecule has 0 saturated carbocycles. The summed E-state index contributed by atoms with van der Waals surface area (Å²) in [5.74, 6) is -2.93. The molecule has 9 heteroatoms. The van der Waals surface area contributed by atoms with Gasteiger partial charge in [0.25, 0.3) is 5.91 Å². The number of rotatable bonds is 8. The molecule has 2 aromatic carbocycles. The molecule has 204 valence electrons. The number of nitrogens with zero attached hydrogens (tertiary/aromatic N) is 1. The third-order valence-corrected chi connectivity index (χ3v) is 8.18. The summed E-state index contributed by atoms with van der Waals surface area (Å²) in [7, 11) is 0. The third kappa shape index (κ3) is 4.45. The zero-order chi connectivity index (χ0) is 28.0. The van der Waals surface area contributed by atoms with Gasteiger partial charge in [-0.05, 0) is 35.1 Å². The van der Waals surface area contributed by atoms with Gasteiger partial charge in [-0.15, -0.1) is 0 Å². The summed E-state index contributed by atoms with van der Waals surface area (Å²) >= 11 is 0. The fourth-order valence-corrected chi connectivity index (χ4v) is 5.85. The quantitative estimate of drug-likeness (QED) is 0.355. The van der Waals surface area contributed by atoms with Crippen LogP contribution in [0.25, 0.3) is 10.9 Å². The number of nitrogens with one attached hydrogen (secondary N) is 3. The summed E-state index contributed by atoms with van der Waals surface area (Å²) in [6.45, 7) is 7.18. The van der Waals surface area contributed by atoms with Crippen molar-refractivity contribution in [1.29, 1.82) is 0 Å². The van der Waals surface area contributed by atoms with Gasteiger partial charge >= 0.3 is 5.97 Å². The summed E-state index contributed by atoms with van der Waals surface area (Å²) in [4.78, 5) is 57.8. The second-order valence-corrected chi connectivity index (χ2v) is 10.9. The highest BCUT2D eigenvalue weighted by Gasteiger charge is 2.49. The van der Waals surface area contributed by atoms with E-state index in [2.05, 4.69) is 15.6 Å². The van der Waals surface area contributed by atoms with E-state index < -0.39 is 42.0 Å². The van der Waals surface area contributed by atoms with Gasteiger partial charge in [-0.2, -0.15) is 0 Å². The van der Waals surface area contributed by atoms with E-state index in [-0.39, 0.29) is 17.7 Å². The number of carbonyl (C=O) groups excluding carboxylic acids is 3. The molecule has 0 radical (unpaired) electrons. The van der Waals surface area contributed by atoms with Gasteiger partial charge in [0.15, 0.2) is 0 Å². The molecule has 0 aliphatic carbocycles. The molecule has 2 aliphatic rings. The Morgan fingerprint density at radius 3 is 2.41 bits per heavy atom. The molecule has 9 nitrogen and oxygen atoms in total. The van der Waals surface area contributed by atoms with Crippen LogP contribution in [0.2, 0.25) is 0 Å². The first-order valence-electron chi connectivity index (χ1n) is 13.5. The van der Waals surface area contributed by atoms with E-state index >= 15 is 0 Å². The molecule has 3 aromatic rings. The van der Waals surface area contributed by atoms with Gasteiger partial charge in [0.05, 0.1) is 6.04 Å². The first kappa shape index (κ1) is 26.5. The van der Waals surface area contributed by atoms with Crippen LogP contribution in [0.1, 0.15) is 67.3 Å². The highest BCUT2D eigenvalue weighted by molar-refractivity contribution is 6.04. The number of amides is 3. The Morgan fingerprint density at radius 1 is 1.03 bits per heavy atom. The Balaban J connectivity index is 1.51. The first-order chi connectivity index (χ1) is 18.6. The average Bonchev–Trinajstić information content (AvgIpc) is 3.44. The number of para-hydroxylation sites is 1. The van der Waals surface area contributed by atoms with Crippen LogP contribution in [-0.2, 0) is 20.8 Å². The maximum Gasteiger partial charge on any atom is 0.326 e. The highest BCUT2D eigenvalue weighted by atomic mass is 16.4. The lowest BCUT2D eigenvalue weighted by atomic mass is 9.89. The number of carboxylic acid groups (broad SMARTS) is 1. The number of benzene rings is 2. The predicted octanol–water partition coefficient (Wildman–Crippen LogP) is 3.39. The molecule has 4 N–H and O–H groups in total. The fourth-order valence-electron chi connectivity index (χ4n) is 5.85. The number of aromatic nitrogens is 1. The van der Waals surface area contributed by atoms with Crippen LogP contribution in [0.3, 0.4) is 0 Å². The summed E-state index contributed by atoms with van der Waals surface area (Å²) in [6, 6.07) is 11.9. The normalized spacial score (nSPS) is 20.1. The number of carboxylic acids is 1. The van der Waals surface area contributed by atoms with E-state index in [1.54, 1.807) is 24.8 Å². The Kier molecular flexibility index (Phi) is 6.92. The molecular weight excluding hydrogens is 496 g/mol. The van der Waals surface area contributed by atoms with Gasteiger partial charge < -0.3 is 25.6 Å². The van der Waals surface area contributed by atoms with Crippen LogP contribution in [0.5, 0.6) is 0 Å². The molecule has 3 amide bonds. The van der Waals surface area contributed by atoms with Crippen molar-refractivity contribution in [3.8, 4) is 0 Å². The Labute approximate surface area is 227 Å². The number of fused-ring (bicyclic) bond motifs is 7. The van der Waals surface area contributed by atoms with E-state index in [0.717, 1.165) is 27.7 Å². The van der Waals surface area contributed by atoms with Crippen molar-refractivity contribution in [1.82, 2.24) is 20.5 Å². The highest BCUT2D eigenvalue weighted by Crippen LogP contribution is 2.46. The molecule has 5 atom stereocenters. The summed E-state index contributed by atoms with van der Waals surface area (Å²) < 4.78 is 0. The maximum atomic E-state index is 14.0. The molecule has 0 unspecified atom stereocenters. The maximum absolute atomic E-state index is 14.0. The molecule has 0 fully saturated rings. The third-order valence-electron chi connectivity index (χ3n) is 8.18. The van der Waals surface area contributed by atoms with Crippen LogP contribution in [0.4, 0.5) is 0 Å². The Hall–Kier alpha value is -4.14. The van der Waals surface area contributed by atoms with E-state index in [1.807, 2.05) is 56.3 Å². The van der Waals surface area contributed by atoms with Gasteiger partial charge in [-0.25, -0.2) is 4.79 Å². The number of aliphatic carboxylic acids is 1. The second kappa shape index (κ2) is 10.2. The lowest BCUT2D eigenvalue weighted by Gasteiger charge is -2.38. The molecule has 3 heterocycles. The van der Waals surface area contributed by atoms with Gasteiger partial charge in [0.2, 0.25) is 11.8 Å². The van der Waals surface area contributed by atoms with Crippen LogP contribution < -0.4 is 10.6 Å². The molecule has 0 bridgehead atoms. The minimum atomic E-state index is -1.13. The van der Waals surface area contributed by atoms with E-state index in [4.69, 9.17) is 0 Å². The summed E-state index contributed by atoms with van der Waals surface area (Å²) in [5.41, 5.74) is 4.21. The summed E-state index contributed by atoms with van der Waals surface area (Å²) in [6.07, 6.45) is 0.881. The van der Waals surface area contributed by atoms with Gasteiger partial charge in [0.1, 0.15) is 18.1 Å². The van der Waals surface area contributed by atoms with Crippen LogP contribution >= 0.6 is 0 Å². The van der Waals surface area contributed by atoms with E-state index in [0.29, 0.717) is 18.4 Å². The topological polar surface area (TPSA) is 132 Å². The zero-order valence-corrected chi connectivity index (χ0v) is 22.5. The van der Waals surface area contributed by atoms with Crippen LogP contribution in [-0.4, -0.2) is 56.8 Å². The Bertz CT molecular complexity index is 1460. The number of hydrogen-bond donors (Lipinski definition) is 4. The minimum Gasteiger partial charge on any atom is -0.480 e. The van der Waals surface area contributed by atoms with E-state index in [1.165, 1.54) is 0 Å². The van der Waals surface area contributed by atoms with Crippen molar-refractivity contribution in [3.05, 3.63) is 70.9 Å². The number of carbonyl (C=O) groups is 4. The average molecular weight is 531 g/mol. The van der Waals surface area contributed by atoms with Crippen molar-refractivity contribution in [3.63, 3.8) is 0 Å². The van der Waals surface area contributed by atoms with Gasteiger partial charge in [0, 0.05) is 28.6 Å². The van der Waals surface area contributed by atoms with Crippen molar-refractivity contribution in [2.45, 2.75) is 64.7 Å². The lowest BCUT2D eigenvalue weighted by molar-refractivity contribution is -0.144. The lowest BCUT2D eigenvalue weighted by Crippen LogP contribution is -2.59. The first-order valence-corrected chi connectivity index (χ1v) is 13.5. The molecule has 1 aromatic heterocycles. The van der Waals surface area contributed by atoms with Crippen LogP contribution in [0.15, 0.2) is 48.5 Å². The molecule has 0 spiro atoms. The molecular formula is C30H34N4O5. The Morgan fingerprint density at radius 2 is 1.72 bits per heavy atom. The summed E-state index contributed by atoms with van der Waals surface area (Å²) in [5, 5.41) is 16.1. The SMILES string of the molecule is CC[C@@H](C)[C@H](NC(=O)[C@@H]1Cc2c([nH]c3ccccc23)[C@@H]2c3ccccc3C(=O)N21)C(=O)N[C@@H](C(=O)O)C(C)C. The number of aromatic amines is 1. The zero-order valence-electron chi connectivity index (χ0n) is 22.5. The van der Waals surface area contributed by atoms with E-state index in [9.17, 15) is 24.3 Å². The smallest absolute Gasteiger partial charge is 0.326 e. The standard InChI is InChI=1S/C30H34N4O5/c1-5-16(4)24(28(36)32-23(15(2)3)30(38)39)33-27(35)22-14-20-17-10-8-9-13-21(17)31-25(20)26-18-11-6-7-12-19(18)29(37)34(22)26/h6-13,15-16,22-24,26,31H,5,14H2,1-4H3,(H,32,36)(H,33,35)(H,38,39)/t16-,22+,23-,24+,26+/m1/s1. The van der Waals surface area contributed by atoms with Crippen molar-refractivity contribution in [2.75, 3.05) is 0 Å². The fraction of sp³-hybridized carbons (Fsp3) is 0.400. The molecule has 2 aliphatic heterocycles. The predicted molar refractivity (Wildman–Crippen MR) is 146 cm³/mol. The van der Waals surface area contributed by atoms with Crippen molar-refractivity contribution >= 4 is 34.6 Å². The van der Waals surface area contributed by atoms with Gasteiger partial charge in [-0.3, -0.25) is 14.4 Å². The van der Waals surface area contributed by atoms with Gasteiger partial charge in [-0.1, -0.05) is 70.5 Å². The molecule has 5 rings (SSSR count). The number of hydrogen-bond acceptors (Lipinski definition) is 4. The monoisotopic (exact) mass is 530 g/mol.